The number of carbonyl (C=O) groups is 2. The van der Waals surface area contributed by atoms with Crippen LogP contribution in [0.15, 0.2) is 42.5 Å². The van der Waals surface area contributed by atoms with Gasteiger partial charge in [-0.3, -0.25) is 9.59 Å². The molecule has 2 aromatic rings. The Labute approximate surface area is 188 Å². The first kappa shape index (κ1) is 20.5. The van der Waals surface area contributed by atoms with Gasteiger partial charge in [0.15, 0.2) is 0 Å². The Balaban J connectivity index is 1.30. The van der Waals surface area contributed by atoms with Gasteiger partial charge in [-0.2, -0.15) is 0 Å². The Morgan fingerprint density at radius 1 is 0.968 bits per heavy atom. The number of hydrogen-bond acceptors (Lipinski definition) is 3. The minimum atomic E-state index is -0.104. The van der Waals surface area contributed by atoms with Crippen molar-refractivity contribution >= 4 is 29.1 Å². The lowest BCUT2D eigenvalue weighted by Gasteiger charge is -2.46. The molecule has 0 saturated carbocycles. The Hall–Kier alpha value is -2.37. The van der Waals surface area contributed by atoms with Gasteiger partial charge < -0.3 is 14.7 Å². The van der Waals surface area contributed by atoms with E-state index < -0.39 is 0 Å². The number of hydrogen-bond donors (Lipinski definition) is 0. The van der Waals surface area contributed by atoms with Crippen LogP contribution >= 0.6 is 11.6 Å². The Morgan fingerprint density at radius 2 is 1.65 bits per heavy atom. The van der Waals surface area contributed by atoms with Crippen LogP contribution in [0.4, 0.5) is 5.69 Å². The van der Waals surface area contributed by atoms with Gasteiger partial charge in [0.2, 0.25) is 0 Å². The lowest BCUT2D eigenvalue weighted by Crippen LogP contribution is -2.47. The van der Waals surface area contributed by atoms with E-state index in [2.05, 4.69) is 11.9 Å². The maximum atomic E-state index is 13.2. The van der Waals surface area contributed by atoms with Crippen molar-refractivity contribution in [1.82, 2.24) is 9.80 Å². The van der Waals surface area contributed by atoms with Gasteiger partial charge in [-0.05, 0) is 81.1 Å². The molecular formula is C25H28ClN3O2. The van der Waals surface area contributed by atoms with Gasteiger partial charge in [-0.15, -0.1) is 0 Å². The van der Waals surface area contributed by atoms with E-state index in [0.717, 1.165) is 50.3 Å². The molecule has 3 heterocycles. The largest absolute Gasteiger partial charge is 0.339 e. The van der Waals surface area contributed by atoms with Crippen LogP contribution in [0.2, 0.25) is 5.02 Å². The molecule has 2 amide bonds. The minimum Gasteiger partial charge on any atom is -0.339 e. The second-order valence-electron chi connectivity index (χ2n) is 9.31. The lowest BCUT2D eigenvalue weighted by molar-refractivity contribution is 0.0352. The molecule has 0 radical (unpaired) electrons. The number of nitrogens with zero attached hydrogens (tertiary/aromatic N) is 3. The summed E-state index contributed by atoms with van der Waals surface area (Å²) in [7, 11) is 2.19. The molecule has 1 spiro atoms. The molecule has 162 valence electrons. The van der Waals surface area contributed by atoms with Crippen LogP contribution in [-0.2, 0) is 6.54 Å². The smallest absolute Gasteiger partial charge is 0.260 e. The molecule has 5 rings (SSSR count). The number of amides is 2. The zero-order valence-electron chi connectivity index (χ0n) is 17.9. The summed E-state index contributed by atoms with van der Waals surface area (Å²) in [5.74, 6) is -0.0424. The van der Waals surface area contributed by atoms with Crippen LogP contribution in [0.25, 0.3) is 0 Å². The van der Waals surface area contributed by atoms with E-state index in [-0.39, 0.29) is 11.8 Å². The number of rotatable bonds is 2. The number of piperidine rings is 2. The molecule has 0 atom stereocenters. The highest BCUT2D eigenvalue weighted by Crippen LogP contribution is 2.41. The van der Waals surface area contributed by atoms with Gasteiger partial charge in [-0.1, -0.05) is 29.8 Å². The molecular weight excluding hydrogens is 410 g/mol. The third kappa shape index (κ3) is 3.74. The second-order valence-corrected chi connectivity index (χ2v) is 9.72. The molecule has 2 saturated heterocycles. The maximum Gasteiger partial charge on any atom is 0.260 e. The molecule has 0 N–H and O–H groups in total. The third-order valence-corrected chi connectivity index (χ3v) is 7.77. The van der Waals surface area contributed by atoms with Crippen molar-refractivity contribution in [2.75, 3.05) is 38.1 Å². The Morgan fingerprint density at radius 3 is 2.35 bits per heavy atom. The third-order valence-electron chi connectivity index (χ3n) is 7.45. The van der Waals surface area contributed by atoms with Crippen molar-refractivity contribution in [1.29, 1.82) is 0 Å². The quantitative estimate of drug-likeness (QED) is 0.697. The highest BCUT2D eigenvalue weighted by atomic mass is 35.5. The van der Waals surface area contributed by atoms with Crippen molar-refractivity contribution in [2.45, 2.75) is 32.2 Å². The molecule has 2 fully saturated rings. The number of likely N-dealkylation sites (tertiary alicyclic amines) is 2. The predicted molar refractivity (Wildman–Crippen MR) is 123 cm³/mol. The number of benzene rings is 2. The van der Waals surface area contributed by atoms with E-state index >= 15 is 0 Å². The normalized spacial score (nSPS) is 20.9. The minimum absolute atomic E-state index is 0.0619. The van der Waals surface area contributed by atoms with Crippen molar-refractivity contribution in [2.24, 2.45) is 5.41 Å². The molecule has 0 unspecified atom stereocenters. The fourth-order valence-corrected chi connectivity index (χ4v) is 5.57. The van der Waals surface area contributed by atoms with Crippen LogP contribution in [0.3, 0.4) is 0 Å². The maximum absolute atomic E-state index is 13.2. The summed E-state index contributed by atoms with van der Waals surface area (Å²) in [6.45, 7) is 4.43. The van der Waals surface area contributed by atoms with Crippen LogP contribution in [0.1, 0.15) is 52.0 Å². The van der Waals surface area contributed by atoms with Gasteiger partial charge in [0, 0.05) is 24.3 Å². The van der Waals surface area contributed by atoms with E-state index in [1.165, 1.54) is 12.8 Å². The molecule has 6 heteroatoms. The molecule has 3 aliphatic heterocycles. The van der Waals surface area contributed by atoms with Crippen molar-refractivity contribution in [3.63, 3.8) is 0 Å². The van der Waals surface area contributed by atoms with E-state index in [0.29, 0.717) is 28.1 Å². The van der Waals surface area contributed by atoms with Crippen LogP contribution in [-0.4, -0.2) is 54.8 Å². The fourth-order valence-electron chi connectivity index (χ4n) is 5.29. The molecule has 2 aromatic carbocycles. The predicted octanol–water partition coefficient (Wildman–Crippen LogP) is 4.45. The summed E-state index contributed by atoms with van der Waals surface area (Å²) in [6, 6.07) is 13.0. The number of halogens is 1. The highest BCUT2D eigenvalue weighted by Gasteiger charge is 2.38. The van der Waals surface area contributed by atoms with Gasteiger partial charge in [0.1, 0.15) is 0 Å². The zero-order chi connectivity index (χ0) is 21.6. The second kappa shape index (κ2) is 7.95. The van der Waals surface area contributed by atoms with Gasteiger partial charge in [-0.25, -0.2) is 0 Å². The van der Waals surface area contributed by atoms with E-state index in [4.69, 9.17) is 11.6 Å². The number of carbonyl (C=O) groups excluding carboxylic acids is 2. The lowest BCUT2D eigenvalue weighted by atomic mass is 9.71. The average molecular weight is 438 g/mol. The Bertz CT molecular complexity index is 1020. The van der Waals surface area contributed by atoms with Gasteiger partial charge in [0.25, 0.3) is 11.8 Å². The first-order chi connectivity index (χ1) is 15.0. The summed E-state index contributed by atoms with van der Waals surface area (Å²) in [6.07, 6.45) is 4.65. The monoisotopic (exact) mass is 437 g/mol. The van der Waals surface area contributed by atoms with Gasteiger partial charge in [0.05, 0.1) is 17.1 Å². The molecule has 0 aromatic heterocycles. The number of anilines is 1. The molecule has 0 aliphatic carbocycles. The van der Waals surface area contributed by atoms with E-state index in [1.54, 1.807) is 11.0 Å². The zero-order valence-corrected chi connectivity index (χ0v) is 18.7. The topological polar surface area (TPSA) is 43.9 Å². The standard InChI is InChI=1S/C25H28ClN3O2/c1-27-12-8-25(9-13-27)10-14-28(15-11-25)23(30)18-4-2-6-20(16-18)29-17-19-5-3-7-21(26)22(19)24(29)31/h2-7,16H,8-15,17H2,1H3. The Kier molecular flexibility index (Phi) is 5.27. The van der Waals surface area contributed by atoms with Crippen LogP contribution in [0.5, 0.6) is 0 Å². The van der Waals surface area contributed by atoms with Gasteiger partial charge >= 0.3 is 0 Å². The SMILES string of the molecule is CN1CCC2(CC1)CCN(C(=O)c1cccc(N3Cc4cccc(Cl)c4C3=O)c1)CC2. The summed E-state index contributed by atoms with van der Waals surface area (Å²) in [4.78, 5) is 32.3. The van der Waals surface area contributed by atoms with Crippen molar-refractivity contribution in [3.05, 3.63) is 64.2 Å². The van der Waals surface area contributed by atoms with Crippen molar-refractivity contribution < 1.29 is 9.59 Å². The van der Waals surface area contributed by atoms with Crippen LogP contribution in [0, 0.1) is 5.41 Å². The van der Waals surface area contributed by atoms with E-state index in [9.17, 15) is 9.59 Å². The molecule has 0 bridgehead atoms. The molecule has 5 nitrogen and oxygen atoms in total. The summed E-state index contributed by atoms with van der Waals surface area (Å²) >= 11 is 6.26. The first-order valence-electron chi connectivity index (χ1n) is 11.1. The summed E-state index contributed by atoms with van der Waals surface area (Å²) in [5, 5.41) is 0.480. The summed E-state index contributed by atoms with van der Waals surface area (Å²) in [5.41, 5.74) is 3.30. The number of fused-ring (bicyclic) bond motifs is 1. The van der Waals surface area contributed by atoms with Crippen molar-refractivity contribution in [3.8, 4) is 0 Å². The fraction of sp³-hybridized carbons (Fsp3) is 0.440. The average Bonchev–Trinajstić information content (AvgIpc) is 3.14. The first-order valence-corrected chi connectivity index (χ1v) is 11.5. The summed E-state index contributed by atoms with van der Waals surface area (Å²) < 4.78 is 0. The van der Waals surface area contributed by atoms with E-state index in [1.807, 2.05) is 41.3 Å². The molecule has 3 aliphatic rings. The highest BCUT2D eigenvalue weighted by molar-refractivity contribution is 6.35. The molecule has 31 heavy (non-hydrogen) atoms. The van der Waals surface area contributed by atoms with Crippen LogP contribution < -0.4 is 4.90 Å².